The summed E-state index contributed by atoms with van der Waals surface area (Å²) in [6, 6.07) is 10.9. The van der Waals surface area contributed by atoms with Gasteiger partial charge in [-0.25, -0.2) is 0 Å². The second-order valence-electron chi connectivity index (χ2n) is 6.72. The fraction of sp³-hybridized carbons (Fsp3) is 0.273. The van der Waals surface area contributed by atoms with Crippen LogP contribution in [0.2, 0.25) is 0 Å². The van der Waals surface area contributed by atoms with E-state index in [1.54, 1.807) is 37.6 Å². The molecule has 0 aliphatic carbocycles. The van der Waals surface area contributed by atoms with Gasteiger partial charge in [0.15, 0.2) is 6.10 Å². The number of furan rings is 1. The van der Waals surface area contributed by atoms with Gasteiger partial charge in [-0.2, -0.15) is 0 Å². The van der Waals surface area contributed by atoms with E-state index < -0.39 is 18.0 Å². The number of anilines is 1. The van der Waals surface area contributed by atoms with Crippen LogP contribution < -0.4 is 10.1 Å². The highest BCUT2D eigenvalue weighted by Gasteiger charge is 2.20. The first-order valence-electron chi connectivity index (χ1n) is 8.99. The van der Waals surface area contributed by atoms with Crippen molar-refractivity contribution in [3.63, 3.8) is 0 Å². The minimum absolute atomic E-state index is 0.0340. The van der Waals surface area contributed by atoms with E-state index in [2.05, 4.69) is 5.32 Å². The lowest BCUT2D eigenvalue weighted by molar-refractivity contribution is -0.152. The molecule has 1 N–H and O–H groups in total. The number of hydrogen-bond acceptors (Lipinski definition) is 5. The fourth-order valence-corrected chi connectivity index (χ4v) is 2.87. The Balaban J connectivity index is 1.62. The molecule has 1 heterocycles. The van der Waals surface area contributed by atoms with Crippen LogP contribution in [0.3, 0.4) is 0 Å². The maximum atomic E-state index is 12.3. The molecule has 6 heteroatoms. The molecule has 3 aromatic rings. The Morgan fingerprint density at radius 2 is 1.89 bits per heavy atom. The van der Waals surface area contributed by atoms with Crippen molar-refractivity contribution >= 4 is 28.5 Å². The molecule has 0 bridgehead atoms. The van der Waals surface area contributed by atoms with Crippen LogP contribution in [0.4, 0.5) is 5.69 Å². The van der Waals surface area contributed by atoms with E-state index in [1.807, 2.05) is 26.0 Å². The summed E-state index contributed by atoms with van der Waals surface area (Å²) in [5.74, 6) is -0.279. The number of methoxy groups -OCH3 is 1. The van der Waals surface area contributed by atoms with Crippen molar-refractivity contribution in [2.75, 3.05) is 12.4 Å². The molecule has 0 fully saturated rings. The van der Waals surface area contributed by atoms with Crippen molar-refractivity contribution in [1.82, 2.24) is 0 Å². The van der Waals surface area contributed by atoms with E-state index in [-0.39, 0.29) is 6.42 Å². The third-order valence-corrected chi connectivity index (χ3v) is 4.62. The summed E-state index contributed by atoms with van der Waals surface area (Å²) in [5.41, 5.74) is 4.28. The second-order valence-corrected chi connectivity index (χ2v) is 6.72. The number of ether oxygens (including phenoxy) is 2. The van der Waals surface area contributed by atoms with Crippen molar-refractivity contribution in [1.29, 1.82) is 0 Å². The van der Waals surface area contributed by atoms with Crippen LogP contribution in [0.25, 0.3) is 11.0 Å². The number of fused-ring (bicyclic) bond motifs is 1. The molecule has 6 nitrogen and oxygen atoms in total. The minimum Gasteiger partial charge on any atom is -0.497 e. The molecule has 1 aromatic heterocycles. The van der Waals surface area contributed by atoms with Crippen LogP contribution in [-0.4, -0.2) is 25.1 Å². The molecule has 0 spiro atoms. The first kappa shape index (κ1) is 19.5. The topological polar surface area (TPSA) is 77.8 Å². The molecule has 0 aliphatic rings. The average molecular weight is 381 g/mol. The number of rotatable bonds is 6. The van der Waals surface area contributed by atoms with Crippen LogP contribution in [0.5, 0.6) is 5.75 Å². The Bertz CT molecular complexity index is 1020. The molecule has 146 valence electrons. The zero-order chi connectivity index (χ0) is 20.3. The van der Waals surface area contributed by atoms with E-state index >= 15 is 0 Å². The lowest BCUT2D eigenvalue weighted by atomic mass is 10.0. The van der Waals surface area contributed by atoms with Crippen molar-refractivity contribution in [3.8, 4) is 5.75 Å². The molecular weight excluding hydrogens is 358 g/mol. The van der Waals surface area contributed by atoms with Crippen LogP contribution in [-0.2, 0) is 20.7 Å². The van der Waals surface area contributed by atoms with E-state index in [9.17, 15) is 9.59 Å². The predicted molar refractivity (Wildman–Crippen MR) is 107 cm³/mol. The summed E-state index contributed by atoms with van der Waals surface area (Å²) in [5, 5.41) is 3.59. The molecule has 0 saturated carbocycles. The van der Waals surface area contributed by atoms with Crippen molar-refractivity contribution in [3.05, 3.63) is 59.4 Å². The smallest absolute Gasteiger partial charge is 0.311 e. The molecule has 28 heavy (non-hydrogen) atoms. The monoisotopic (exact) mass is 381 g/mol. The number of hydrogen-bond donors (Lipinski definition) is 1. The van der Waals surface area contributed by atoms with E-state index in [4.69, 9.17) is 13.9 Å². The van der Waals surface area contributed by atoms with Gasteiger partial charge in [0.25, 0.3) is 5.91 Å². The summed E-state index contributed by atoms with van der Waals surface area (Å²) in [6.07, 6.45) is 0.666. The third kappa shape index (κ3) is 4.34. The Labute approximate surface area is 163 Å². The largest absolute Gasteiger partial charge is 0.497 e. The van der Waals surface area contributed by atoms with Gasteiger partial charge in [-0.05, 0) is 56.2 Å². The number of carbonyl (C=O) groups is 2. The van der Waals surface area contributed by atoms with Gasteiger partial charge in [-0.3, -0.25) is 9.59 Å². The zero-order valence-electron chi connectivity index (χ0n) is 16.4. The van der Waals surface area contributed by atoms with Crippen LogP contribution in [0.1, 0.15) is 23.6 Å². The number of carbonyl (C=O) groups excluding carboxylic acids is 2. The van der Waals surface area contributed by atoms with Gasteiger partial charge in [-0.15, -0.1) is 0 Å². The summed E-state index contributed by atoms with van der Waals surface area (Å²) < 4.78 is 16.0. The van der Waals surface area contributed by atoms with Crippen LogP contribution in [0, 0.1) is 13.8 Å². The molecule has 0 radical (unpaired) electrons. The number of benzene rings is 2. The molecule has 1 atom stereocenters. The zero-order valence-corrected chi connectivity index (χ0v) is 16.4. The van der Waals surface area contributed by atoms with Crippen LogP contribution >= 0.6 is 0 Å². The van der Waals surface area contributed by atoms with Crippen molar-refractivity contribution in [2.24, 2.45) is 0 Å². The van der Waals surface area contributed by atoms with Crippen molar-refractivity contribution in [2.45, 2.75) is 33.3 Å². The van der Waals surface area contributed by atoms with Gasteiger partial charge in [0, 0.05) is 22.7 Å². The normalized spacial score (nSPS) is 11.9. The Hall–Kier alpha value is -3.28. The van der Waals surface area contributed by atoms with Crippen molar-refractivity contribution < 1.29 is 23.5 Å². The lowest BCUT2D eigenvalue weighted by Gasteiger charge is -2.14. The van der Waals surface area contributed by atoms with Gasteiger partial charge in [0.2, 0.25) is 0 Å². The molecule has 0 saturated heterocycles. The fourth-order valence-electron chi connectivity index (χ4n) is 2.87. The molecular formula is C22H23NO5. The Morgan fingerprint density at radius 3 is 2.64 bits per heavy atom. The standard InChI is InChI=1S/C22H23NO5/c1-13-8-19-16(12-27-20(19)9-14(13)2)10-21(24)28-15(3)22(25)23-17-6-5-7-18(11-17)26-4/h5-9,11-12,15H,10H2,1-4H3,(H,23,25). The second kappa shape index (κ2) is 8.17. The van der Waals surface area contributed by atoms with Crippen LogP contribution in [0.15, 0.2) is 47.1 Å². The highest BCUT2D eigenvalue weighted by Crippen LogP contribution is 2.25. The summed E-state index contributed by atoms with van der Waals surface area (Å²) in [6.45, 7) is 5.55. The van der Waals surface area contributed by atoms with Gasteiger partial charge in [0.05, 0.1) is 19.8 Å². The number of esters is 1. The van der Waals surface area contributed by atoms with Gasteiger partial charge in [0.1, 0.15) is 11.3 Å². The van der Waals surface area contributed by atoms with E-state index in [1.165, 1.54) is 6.92 Å². The highest BCUT2D eigenvalue weighted by molar-refractivity contribution is 5.95. The first-order valence-corrected chi connectivity index (χ1v) is 8.99. The Kier molecular flexibility index (Phi) is 5.68. The number of nitrogens with one attached hydrogen (secondary N) is 1. The molecule has 1 amide bonds. The highest BCUT2D eigenvalue weighted by atomic mass is 16.5. The lowest BCUT2D eigenvalue weighted by Crippen LogP contribution is -2.30. The van der Waals surface area contributed by atoms with E-state index in [0.717, 1.165) is 27.7 Å². The van der Waals surface area contributed by atoms with Gasteiger partial charge >= 0.3 is 5.97 Å². The Morgan fingerprint density at radius 1 is 1.14 bits per heavy atom. The molecule has 3 rings (SSSR count). The maximum absolute atomic E-state index is 12.3. The first-order chi connectivity index (χ1) is 13.4. The number of aryl methyl sites for hydroxylation is 2. The van der Waals surface area contributed by atoms with E-state index in [0.29, 0.717) is 11.4 Å². The minimum atomic E-state index is -0.930. The van der Waals surface area contributed by atoms with Gasteiger partial charge < -0.3 is 19.2 Å². The summed E-state index contributed by atoms with van der Waals surface area (Å²) in [4.78, 5) is 24.6. The summed E-state index contributed by atoms with van der Waals surface area (Å²) in [7, 11) is 1.55. The predicted octanol–water partition coefficient (Wildman–Crippen LogP) is 4.17. The van der Waals surface area contributed by atoms with Gasteiger partial charge in [-0.1, -0.05) is 6.07 Å². The molecule has 1 unspecified atom stereocenters. The summed E-state index contributed by atoms with van der Waals surface area (Å²) >= 11 is 0. The molecule has 2 aromatic carbocycles. The molecule has 0 aliphatic heterocycles. The average Bonchev–Trinajstić information content (AvgIpc) is 3.03. The quantitative estimate of drug-likeness (QED) is 0.649. The maximum Gasteiger partial charge on any atom is 0.311 e. The SMILES string of the molecule is COc1cccc(NC(=O)C(C)OC(=O)Cc2coc3cc(C)c(C)cc23)c1. The number of amides is 1. The third-order valence-electron chi connectivity index (χ3n) is 4.62.